The maximum Gasteiger partial charge on any atom is 0.331 e. The van der Waals surface area contributed by atoms with Crippen LogP contribution in [0.3, 0.4) is 0 Å². The van der Waals surface area contributed by atoms with Gasteiger partial charge in [0.2, 0.25) is 5.91 Å². The van der Waals surface area contributed by atoms with Crippen molar-refractivity contribution in [3.05, 3.63) is 0 Å². The highest BCUT2D eigenvalue weighted by Crippen LogP contribution is 2.22. The Balaban J connectivity index is 2.82. The third-order valence-electron chi connectivity index (χ3n) is 2.51. The van der Waals surface area contributed by atoms with Crippen LogP contribution >= 0.6 is 0 Å². The highest BCUT2D eigenvalue weighted by Gasteiger charge is 2.43. The summed E-state index contributed by atoms with van der Waals surface area (Å²) in [6, 6.07) is -0.175. The number of hydrogen-bond acceptors (Lipinski definition) is 4. The van der Waals surface area contributed by atoms with Crippen molar-refractivity contribution >= 4 is 11.9 Å². The predicted octanol–water partition coefficient (Wildman–Crippen LogP) is -0.502. The van der Waals surface area contributed by atoms with E-state index >= 15 is 0 Å². The normalized spacial score (nSPS) is 22.7. The van der Waals surface area contributed by atoms with E-state index in [-0.39, 0.29) is 11.9 Å². The summed E-state index contributed by atoms with van der Waals surface area (Å²) in [5, 5.41) is 0. The van der Waals surface area contributed by atoms with E-state index in [1.54, 1.807) is 13.8 Å². The van der Waals surface area contributed by atoms with E-state index in [2.05, 4.69) is 4.74 Å². The van der Waals surface area contributed by atoms with Gasteiger partial charge in [0.15, 0.2) is 0 Å². The molecule has 1 aliphatic rings. The number of carbonyl (C=O) groups is 2. The van der Waals surface area contributed by atoms with Crippen molar-refractivity contribution in [2.45, 2.75) is 31.8 Å². The van der Waals surface area contributed by atoms with Gasteiger partial charge in [-0.2, -0.15) is 0 Å². The van der Waals surface area contributed by atoms with Crippen LogP contribution in [-0.2, 0) is 14.3 Å². The van der Waals surface area contributed by atoms with Crippen molar-refractivity contribution in [2.24, 2.45) is 5.73 Å². The van der Waals surface area contributed by atoms with E-state index < -0.39 is 11.5 Å². The van der Waals surface area contributed by atoms with E-state index in [0.717, 1.165) is 0 Å². The summed E-state index contributed by atoms with van der Waals surface area (Å²) >= 11 is 0. The van der Waals surface area contributed by atoms with Gasteiger partial charge in [-0.05, 0) is 13.8 Å². The summed E-state index contributed by atoms with van der Waals surface area (Å²) in [6.07, 6.45) is 0.306. The molecule has 0 aliphatic carbocycles. The molecule has 5 heteroatoms. The van der Waals surface area contributed by atoms with Crippen molar-refractivity contribution in [3.8, 4) is 0 Å². The smallest absolute Gasteiger partial charge is 0.331 e. The molecule has 0 aromatic carbocycles. The standard InChI is InChI=1S/C9H16N2O3/c1-9(2,8(13)14-3)11-5-6(10)4-7(11)12/h6H,4-5,10H2,1-3H3. The van der Waals surface area contributed by atoms with Crippen LogP contribution in [0.1, 0.15) is 20.3 Å². The number of nitrogens with zero attached hydrogens (tertiary/aromatic N) is 1. The lowest BCUT2D eigenvalue weighted by Crippen LogP contribution is -2.52. The number of carbonyl (C=O) groups excluding carboxylic acids is 2. The number of rotatable bonds is 2. The molecule has 1 heterocycles. The molecule has 1 saturated heterocycles. The Kier molecular flexibility index (Phi) is 2.80. The van der Waals surface area contributed by atoms with Crippen LogP contribution in [0.4, 0.5) is 0 Å². The molecule has 1 aliphatic heterocycles. The molecule has 0 aromatic heterocycles. The van der Waals surface area contributed by atoms with Gasteiger partial charge in [-0.3, -0.25) is 4.79 Å². The molecular weight excluding hydrogens is 184 g/mol. The monoisotopic (exact) mass is 200 g/mol. The quantitative estimate of drug-likeness (QED) is 0.610. The molecule has 14 heavy (non-hydrogen) atoms. The SMILES string of the molecule is COC(=O)C(C)(C)N1CC(N)CC1=O. The topological polar surface area (TPSA) is 72.6 Å². The first-order chi connectivity index (χ1) is 6.39. The summed E-state index contributed by atoms with van der Waals surface area (Å²) in [4.78, 5) is 24.4. The van der Waals surface area contributed by atoms with Gasteiger partial charge < -0.3 is 15.4 Å². The molecule has 0 spiro atoms. The van der Waals surface area contributed by atoms with Gasteiger partial charge in [0.05, 0.1) is 7.11 Å². The van der Waals surface area contributed by atoms with Gasteiger partial charge >= 0.3 is 5.97 Å². The number of hydrogen-bond donors (Lipinski definition) is 1. The molecule has 1 unspecified atom stereocenters. The Morgan fingerprint density at radius 1 is 1.64 bits per heavy atom. The molecule has 2 N–H and O–H groups in total. The van der Waals surface area contributed by atoms with Crippen molar-refractivity contribution in [3.63, 3.8) is 0 Å². The molecule has 0 saturated carbocycles. The zero-order valence-electron chi connectivity index (χ0n) is 8.74. The van der Waals surface area contributed by atoms with Crippen molar-refractivity contribution in [1.82, 2.24) is 4.90 Å². The lowest BCUT2D eigenvalue weighted by Gasteiger charge is -2.32. The van der Waals surface area contributed by atoms with E-state index in [9.17, 15) is 9.59 Å². The van der Waals surface area contributed by atoms with Gasteiger partial charge in [0.25, 0.3) is 0 Å². The van der Waals surface area contributed by atoms with Gasteiger partial charge in [0.1, 0.15) is 5.54 Å². The highest BCUT2D eigenvalue weighted by molar-refractivity contribution is 5.88. The lowest BCUT2D eigenvalue weighted by molar-refractivity contribution is -0.157. The average molecular weight is 200 g/mol. The summed E-state index contributed by atoms with van der Waals surface area (Å²) in [5.74, 6) is -0.507. The second-order valence-electron chi connectivity index (χ2n) is 4.02. The third-order valence-corrected chi connectivity index (χ3v) is 2.51. The van der Waals surface area contributed by atoms with E-state index in [1.807, 2.05) is 0 Å². The van der Waals surface area contributed by atoms with Crippen LogP contribution in [-0.4, -0.2) is 42.0 Å². The van der Waals surface area contributed by atoms with Gasteiger partial charge in [-0.1, -0.05) is 0 Å². The first-order valence-electron chi connectivity index (χ1n) is 4.54. The minimum atomic E-state index is -0.917. The first-order valence-corrected chi connectivity index (χ1v) is 4.54. The average Bonchev–Trinajstić information content (AvgIpc) is 2.44. The second-order valence-corrected chi connectivity index (χ2v) is 4.02. The fraction of sp³-hybridized carbons (Fsp3) is 0.778. The van der Waals surface area contributed by atoms with E-state index in [1.165, 1.54) is 12.0 Å². The Morgan fingerprint density at radius 2 is 2.21 bits per heavy atom. The molecule has 1 atom stereocenters. The number of esters is 1. The van der Waals surface area contributed by atoms with Gasteiger partial charge in [0, 0.05) is 19.0 Å². The molecule has 1 rings (SSSR count). The van der Waals surface area contributed by atoms with Crippen molar-refractivity contribution in [2.75, 3.05) is 13.7 Å². The van der Waals surface area contributed by atoms with Crippen LogP contribution < -0.4 is 5.73 Å². The summed E-state index contributed by atoms with van der Waals surface area (Å²) in [7, 11) is 1.31. The summed E-state index contributed by atoms with van der Waals surface area (Å²) < 4.78 is 4.64. The minimum Gasteiger partial charge on any atom is -0.467 e. The van der Waals surface area contributed by atoms with Crippen LogP contribution in [0.15, 0.2) is 0 Å². The van der Waals surface area contributed by atoms with E-state index in [0.29, 0.717) is 13.0 Å². The van der Waals surface area contributed by atoms with Crippen LogP contribution in [0.25, 0.3) is 0 Å². The molecule has 5 nitrogen and oxygen atoms in total. The van der Waals surface area contributed by atoms with Crippen LogP contribution in [0.5, 0.6) is 0 Å². The third kappa shape index (κ3) is 1.72. The number of amides is 1. The largest absolute Gasteiger partial charge is 0.467 e. The van der Waals surface area contributed by atoms with Crippen molar-refractivity contribution in [1.29, 1.82) is 0 Å². The predicted molar refractivity (Wildman–Crippen MR) is 50.4 cm³/mol. The molecule has 1 amide bonds. The van der Waals surface area contributed by atoms with Gasteiger partial charge in [-0.15, -0.1) is 0 Å². The molecule has 0 radical (unpaired) electrons. The summed E-state index contributed by atoms with van der Waals surface area (Å²) in [6.45, 7) is 3.74. The van der Waals surface area contributed by atoms with Crippen molar-refractivity contribution < 1.29 is 14.3 Å². The van der Waals surface area contributed by atoms with E-state index in [4.69, 9.17) is 5.73 Å². The minimum absolute atomic E-state index is 0.0899. The molecular formula is C9H16N2O3. The Hall–Kier alpha value is -1.10. The molecule has 0 bridgehead atoms. The zero-order valence-corrected chi connectivity index (χ0v) is 8.74. The van der Waals surface area contributed by atoms with Crippen LogP contribution in [0, 0.1) is 0 Å². The number of methoxy groups -OCH3 is 1. The first kappa shape index (κ1) is 11.0. The second kappa shape index (κ2) is 3.57. The Labute approximate surface area is 83.2 Å². The molecule has 1 fully saturated rings. The summed E-state index contributed by atoms with van der Waals surface area (Å²) in [5.41, 5.74) is 4.72. The Morgan fingerprint density at radius 3 is 2.57 bits per heavy atom. The molecule has 0 aromatic rings. The zero-order chi connectivity index (χ0) is 10.9. The Bertz CT molecular complexity index is 263. The van der Waals surface area contributed by atoms with Gasteiger partial charge in [-0.25, -0.2) is 4.79 Å². The maximum atomic E-state index is 11.5. The number of likely N-dealkylation sites (tertiary alicyclic amines) is 1. The lowest BCUT2D eigenvalue weighted by atomic mass is 10.0. The molecule has 80 valence electrons. The fourth-order valence-corrected chi connectivity index (χ4v) is 1.64. The number of ether oxygens (including phenoxy) is 1. The maximum absolute atomic E-state index is 11.5. The number of nitrogens with two attached hydrogens (primary N) is 1. The fourth-order valence-electron chi connectivity index (χ4n) is 1.64. The van der Waals surface area contributed by atoms with Crippen LogP contribution in [0.2, 0.25) is 0 Å². The highest BCUT2D eigenvalue weighted by atomic mass is 16.5.